The molecule has 0 aliphatic heterocycles. The third-order valence-corrected chi connectivity index (χ3v) is 9.08. The van der Waals surface area contributed by atoms with Crippen LogP contribution in [0.25, 0.3) is 0 Å². The molecule has 39 heavy (non-hydrogen) atoms. The second-order valence-corrected chi connectivity index (χ2v) is 12.6. The van der Waals surface area contributed by atoms with Gasteiger partial charge in [0.15, 0.2) is 0 Å². The smallest absolute Gasteiger partial charge is 0.264 e. The summed E-state index contributed by atoms with van der Waals surface area (Å²) in [5.74, 6) is -0.968. The molecule has 3 aromatic carbocycles. The number of nitrogens with one attached hydrogen (secondary N) is 1. The fourth-order valence-electron chi connectivity index (χ4n) is 3.83. The highest BCUT2D eigenvalue weighted by molar-refractivity contribution is 9.10. The zero-order valence-electron chi connectivity index (χ0n) is 21.8. The zero-order chi connectivity index (χ0) is 28.7. The van der Waals surface area contributed by atoms with Crippen LogP contribution in [-0.2, 0) is 26.2 Å². The van der Waals surface area contributed by atoms with Gasteiger partial charge in [-0.25, -0.2) is 8.42 Å². The van der Waals surface area contributed by atoms with Crippen LogP contribution in [-0.4, -0.2) is 44.3 Å². The highest BCUT2D eigenvalue weighted by Crippen LogP contribution is 2.29. The summed E-state index contributed by atoms with van der Waals surface area (Å²) in [6.45, 7) is 5.16. The van der Waals surface area contributed by atoms with Crippen molar-refractivity contribution in [2.45, 2.75) is 44.7 Å². The van der Waals surface area contributed by atoms with Gasteiger partial charge in [0, 0.05) is 33.2 Å². The lowest BCUT2D eigenvalue weighted by atomic mass is 10.1. The number of hydrogen-bond acceptors (Lipinski definition) is 4. The van der Waals surface area contributed by atoms with Crippen molar-refractivity contribution >= 4 is 66.7 Å². The molecule has 11 heteroatoms. The van der Waals surface area contributed by atoms with Crippen molar-refractivity contribution in [3.05, 3.63) is 92.4 Å². The number of anilines is 1. The molecule has 0 saturated heterocycles. The Morgan fingerprint density at radius 1 is 1.00 bits per heavy atom. The van der Waals surface area contributed by atoms with Crippen LogP contribution < -0.4 is 9.62 Å². The molecule has 1 atom stereocenters. The molecule has 1 unspecified atom stereocenters. The summed E-state index contributed by atoms with van der Waals surface area (Å²) in [7, 11) is -4.15. The van der Waals surface area contributed by atoms with E-state index < -0.39 is 28.5 Å². The molecule has 0 saturated carbocycles. The number of nitrogens with zero attached hydrogens (tertiary/aromatic N) is 2. The van der Waals surface area contributed by atoms with Gasteiger partial charge in [0.25, 0.3) is 10.0 Å². The van der Waals surface area contributed by atoms with Gasteiger partial charge in [-0.3, -0.25) is 13.9 Å². The van der Waals surface area contributed by atoms with E-state index in [1.54, 1.807) is 61.5 Å². The summed E-state index contributed by atoms with van der Waals surface area (Å²) in [5.41, 5.74) is 1.64. The Morgan fingerprint density at radius 3 is 2.21 bits per heavy atom. The minimum atomic E-state index is -4.15. The average molecular weight is 655 g/mol. The highest BCUT2D eigenvalue weighted by Gasteiger charge is 2.33. The van der Waals surface area contributed by atoms with Crippen LogP contribution in [0.2, 0.25) is 10.0 Å². The predicted octanol–water partition coefficient (Wildman–Crippen LogP) is 6.20. The number of hydrogen-bond donors (Lipinski definition) is 1. The first kappa shape index (κ1) is 30.9. The summed E-state index contributed by atoms with van der Waals surface area (Å²) in [6, 6.07) is 17.1. The fraction of sp³-hybridized carbons (Fsp3) is 0.286. The lowest BCUT2D eigenvalue weighted by Gasteiger charge is -2.32. The Morgan fingerprint density at radius 2 is 1.62 bits per heavy atom. The maximum atomic E-state index is 13.9. The molecule has 208 valence electrons. The van der Waals surface area contributed by atoms with E-state index in [4.69, 9.17) is 23.2 Å². The van der Waals surface area contributed by atoms with Crippen molar-refractivity contribution in [3.63, 3.8) is 0 Å². The van der Waals surface area contributed by atoms with Gasteiger partial charge in [0.2, 0.25) is 11.8 Å². The lowest BCUT2D eigenvalue weighted by Crippen LogP contribution is -2.51. The predicted molar refractivity (Wildman–Crippen MR) is 160 cm³/mol. The quantitative estimate of drug-likeness (QED) is 0.267. The van der Waals surface area contributed by atoms with Gasteiger partial charge in [0.05, 0.1) is 10.6 Å². The number of aryl methyl sites for hydroxylation is 1. The first-order valence-corrected chi connectivity index (χ1v) is 15.3. The number of benzene rings is 3. The molecule has 7 nitrogen and oxygen atoms in total. The van der Waals surface area contributed by atoms with Crippen molar-refractivity contribution in [2.24, 2.45) is 0 Å². The van der Waals surface area contributed by atoms with Crippen LogP contribution in [0, 0.1) is 6.92 Å². The third-order valence-electron chi connectivity index (χ3n) is 6.09. The second kappa shape index (κ2) is 13.7. The average Bonchev–Trinajstić information content (AvgIpc) is 2.89. The van der Waals surface area contributed by atoms with Crippen molar-refractivity contribution in [1.82, 2.24) is 10.2 Å². The van der Waals surface area contributed by atoms with E-state index in [9.17, 15) is 18.0 Å². The first-order valence-electron chi connectivity index (χ1n) is 12.3. The van der Waals surface area contributed by atoms with Gasteiger partial charge in [-0.05, 0) is 62.7 Å². The Kier molecular flexibility index (Phi) is 10.8. The van der Waals surface area contributed by atoms with Crippen LogP contribution in [0.1, 0.15) is 31.4 Å². The SMILES string of the molecule is CCCNC(=O)C(C)N(Cc1c(Cl)cccc1Cl)C(=O)CN(c1cccc(Br)c1)S(=O)(=O)c1ccc(C)cc1. The third kappa shape index (κ3) is 7.75. The summed E-state index contributed by atoms with van der Waals surface area (Å²) in [5, 5.41) is 3.46. The van der Waals surface area contributed by atoms with Gasteiger partial charge in [0.1, 0.15) is 12.6 Å². The molecular weight excluding hydrogens is 625 g/mol. The molecule has 0 aliphatic carbocycles. The first-order chi connectivity index (χ1) is 18.4. The molecular formula is C28H30BrCl2N3O4S. The van der Waals surface area contributed by atoms with Gasteiger partial charge in [-0.1, -0.05) is 75.9 Å². The highest BCUT2D eigenvalue weighted by atomic mass is 79.9. The maximum absolute atomic E-state index is 13.9. The molecule has 0 aromatic heterocycles. The van der Waals surface area contributed by atoms with E-state index >= 15 is 0 Å². The molecule has 0 spiro atoms. The van der Waals surface area contributed by atoms with Crippen LogP contribution >= 0.6 is 39.1 Å². The van der Waals surface area contributed by atoms with Crippen molar-refractivity contribution in [2.75, 3.05) is 17.4 Å². The number of sulfonamides is 1. The van der Waals surface area contributed by atoms with E-state index in [0.29, 0.717) is 33.0 Å². The maximum Gasteiger partial charge on any atom is 0.264 e. The molecule has 0 bridgehead atoms. The summed E-state index contributed by atoms with van der Waals surface area (Å²) < 4.78 is 29.4. The molecule has 1 N–H and O–H groups in total. The topological polar surface area (TPSA) is 86.8 Å². The standard InChI is InChI=1S/C28H30BrCl2N3O4S/c1-4-15-32-28(36)20(3)33(17-24-25(30)9-6-10-26(24)31)27(35)18-34(22-8-5-7-21(29)16-22)39(37,38)23-13-11-19(2)12-14-23/h5-14,16,20H,4,15,17-18H2,1-3H3,(H,32,36). The number of rotatable bonds is 11. The Labute approximate surface area is 248 Å². The van der Waals surface area contributed by atoms with Crippen LogP contribution in [0.15, 0.2) is 76.1 Å². The zero-order valence-corrected chi connectivity index (χ0v) is 25.7. The van der Waals surface area contributed by atoms with E-state index in [0.717, 1.165) is 9.87 Å². The normalized spacial score (nSPS) is 12.1. The minimum absolute atomic E-state index is 0.0373. The van der Waals surface area contributed by atoms with Crippen molar-refractivity contribution in [3.8, 4) is 0 Å². The van der Waals surface area contributed by atoms with E-state index in [2.05, 4.69) is 21.2 Å². The molecule has 0 heterocycles. The number of carbonyl (C=O) groups is 2. The molecule has 0 radical (unpaired) electrons. The number of amides is 2. The molecule has 2 amide bonds. The number of halogens is 3. The Balaban J connectivity index is 2.06. The van der Waals surface area contributed by atoms with Gasteiger partial charge < -0.3 is 10.2 Å². The summed E-state index contributed by atoms with van der Waals surface area (Å²) in [4.78, 5) is 28.2. The molecule has 0 fully saturated rings. The second-order valence-electron chi connectivity index (χ2n) is 8.99. The van der Waals surface area contributed by atoms with Gasteiger partial charge >= 0.3 is 0 Å². The summed E-state index contributed by atoms with van der Waals surface area (Å²) >= 11 is 16.2. The Hall–Kier alpha value is -2.59. The van der Waals surface area contributed by atoms with E-state index in [-0.39, 0.29) is 23.0 Å². The molecule has 3 rings (SSSR count). The molecule has 0 aliphatic rings. The fourth-order valence-corrected chi connectivity index (χ4v) is 6.14. The minimum Gasteiger partial charge on any atom is -0.354 e. The van der Waals surface area contributed by atoms with Crippen molar-refractivity contribution < 1.29 is 18.0 Å². The van der Waals surface area contributed by atoms with Crippen LogP contribution in [0.4, 0.5) is 5.69 Å². The lowest BCUT2D eigenvalue weighted by molar-refractivity contribution is -0.139. The van der Waals surface area contributed by atoms with Crippen LogP contribution in [0.5, 0.6) is 0 Å². The van der Waals surface area contributed by atoms with Gasteiger partial charge in [-0.2, -0.15) is 0 Å². The largest absolute Gasteiger partial charge is 0.354 e. The van der Waals surface area contributed by atoms with E-state index in [1.807, 2.05) is 13.8 Å². The van der Waals surface area contributed by atoms with Crippen molar-refractivity contribution in [1.29, 1.82) is 0 Å². The Bertz CT molecular complexity index is 1410. The monoisotopic (exact) mass is 653 g/mol. The molecule has 3 aromatic rings. The number of carbonyl (C=O) groups excluding carboxylic acids is 2. The summed E-state index contributed by atoms with van der Waals surface area (Å²) in [6.07, 6.45) is 0.716. The van der Waals surface area contributed by atoms with Crippen LogP contribution in [0.3, 0.4) is 0 Å². The van der Waals surface area contributed by atoms with E-state index in [1.165, 1.54) is 17.0 Å². The van der Waals surface area contributed by atoms with Gasteiger partial charge in [-0.15, -0.1) is 0 Å².